The molecule has 0 bridgehead atoms. The number of aliphatic carboxylic acids is 1. The lowest BCUT2D eigenvalue weighted by atomic mass is 9.92. The summed E-state index contributed by atoms with van der Waals surface area (Å²) in [6.07, 6.45) is 5.18. The van der Waals surface area contributed by atoms with Crippen molar-refractivity contribution in [2.24, 2.45) is 0 Å². The van der Waals surface area contributed by atoms with Gasteiger partial charge in [0.1, 0.15) is 5.75 Å². The Morgan fingerprint density at radius 3 is 2.06 bits per heavy atom. The second-order valence-corrected chi connectivity index (χ2v) is 12.2. The van der Waals surface area contributed by atoms with Crippen molar-refractivity contribution in [1.82, 2.24) is 5.32 Å². The van der Waals surface area contributed by atoms with Gasteiger partial charge in [0.15, 0.2) is 34.5 Å². The van der Waals surface area contributed by atoms with Crippen LogP contribution in [-0.2, 0) is 14.3 Å². The fraction of sp³-hybridized carbons (Fsp3) is 0.250. The molecule has 9 N–H and O–H groups in total. The second kappa shape index (κ2) is 17.7. The Balaban J connectivity index is 1.78. The number of nitrogens with one attached hydrogen (secondary N) is 1. The summed E-state index contributed by atoms with van der Waals surface area (Å²) in [5, 5.41) is 84.9. The third-order valence-electron chi connectivity index (χ3n) is 8.47. The minimum absolute atomic E-state index is 0.0150. The molecule has 4 aromatic carbocycles. The van der Waals surface area contributed by atoms with E-state index in [2.05, 4.69) is 5.32 Å². The van der Waals surface area contributed by atoms with E-state index in [1.54, 1.807) is 24.3 Å². The highest BCUT2D eigenvalue weighted by molar-refractivity contribution is 5.95. The van der Waals surface area contributed by atoms with Crippen molar-refractivity contribution in [3.05, 3.63) is 95.1 Å². The Morgan fingerprint density at radius 1 is 0.750 bits per heavy atom. The Hall–Kier alpha value is -6.14. The Bertz CT molecular complexity index is 1970. The van der Waals surface area contributed by atoms with Crippen molar-refractivity contribution < 1.29 is 55.2 Å². The van der Waals surface area contributed by atoms with Gasteiger partial charge in [0.25, 0.3) is 0 Å². The predicted octanol–water partition coefficient (Wildman–Crippen LogP) is 6.82. The number of carbonyl (C=O) groups excluding carboxylic acids is 1. The molecular weight excluding hydrogens is 670 g/mol. The number of unbranched alkanes of at least 4 members (excludes halogenated alkanes) is 2. The van der Waals surface area contributed by atoms with E-state index in [9.17, 15) is 50.4 Å². The third-order valence-corrected chi connectivity index (χ3v) is 8.47. The first-order valence-electron chi connectivity index (χ1n) is 16.8. The number of carboxylic acids is 1. The number of likely N-dealkylation sites (N-methyl/N-ethyl adjacent to an activating group) is 1. The van der Waals surface area contributed by atoms with Gasteiger partial charge in [-0.3, -0.25) is 0 Å². The Morgan fingerprint density at radius 2 is 1.40 bits per heavy atom. The number of phenolic OH excluding ortho intramolecular Hbond substituents is 7. The highest BCUT2D eigenvalue weighted by atomic mass is 16.6. The van der Waals surface area contributed by atoms with E-state index in [0.29, 0.717) is 58.3 Å². The molecule has 2 atom stereocenters. The van der Waals surface area contributed by atoms with Crippen molar-refractivity contribution in [3.8, 4) is 51.4 Å². The van der Waals surface area contributed by atoms with Gasteiger partial charge in [-0.15, -0.1) is 0 Å². The summed E-state index contributed by atoms with van der Waals surface area (Å²) < 4.78 is 5.58. The van der Waals surface area contributed by atoms with Crippen LogP contribution in [0.5, 0.6) is 40.2 Å². The molecule has 52 heavy (non-hydrogen) atoms. The lowest BCUT2D eigenvalue weighted by Crippen LogP contribution is -2.38. The number of benzene rings is 4. The van der Waals surface area contributed by atoms with Crippen LogP contribution in [0.25, 0.3) is 28.9 Å². The SMILES string of the molecule is CCCCCC(=CC(=O)OC(C(=O)O)C(CNCC)c1ccc(O)c(O)c1)c1cc(O)c(O)cc1C=Cc1cc(O)c(O)cc1-c1cccc(O)c1. The molecule has 0 radical (unpaired) electrons. The molecule has 4 rings (SSSR count). The highest BCUT2D eigenvalue weighted by Gasteiger charge is 2.33. The normalized spacial score (nSPS) is 12.8. The van der Waals surface area contributed by atoms with E-state index in [1.807, 2.05) is 13.8 Å². The summed E-state index contributed by atoms with van der Waals surface area (Å²) in [7, 11) is 0. The van der Waals surface area contributed by atoms with Crippen LogP contribution in [-0.4, -0.2) is 72.0 Å². The van der Waals surface area contributed by atoms with Crippen LogP contribution in [0.1, 0.15) is 67.7 Å². The molecule has 4 aromatic rings. The van der Waals surface area contributed by atoms with Crippen LogP contribution >= 0.6 is 0 Å². The first kappa shape index (κ1) is 38.7. The molecule has 12 heteroatoms. The van der Waals surface area contributed by atoms with Gasteiger partial charge in [0, 0.05) is 18.5 Å². The van der Waals surface area contributed by atoms with Crippen molar-refractivity contribution >= 4 is 29.7 Å². The zero-order chi connectivity index (χ0) is 37.9. The molecule has 0 aromatic heterocycles. The number of carboxylic acid groups (broad SMARTS) is 1. The van der Waals surface area contributed by atoms with Gasteiger partial charge in [-0.1, -0.05) is 57.0 Å². The quantitative estimate of drug-likeness (QED) is 0.0192. The van der Waals surface area contributed by atoms with Gasteiger partial charge in [-0.25, -0.2) is 9.59 Å². The number of aromatic hydroxyl groups is 7. The lowest BCUT2D eigenvalue weighted by Gasteiger charge is -2.25. The van der Waals surface area contributed by atoms with Crippen LogP contribution in [0.2, 0.25) is 0 Å². The summed E-state index contributed by atoms with van der Waals surface area (Å²) in [4.78, 5) is 26.1. The number of esters is 1. The smallest absolute Gasteiger partial charge is 0.345 e. The van der Waals surface area contributed by atoms with Gasteiger partial charge in [0.2, 0.25) is 6.10 Å². The van der Waals surface area contributed by atoms with Crippen molar-refractivity contribution in [2.75, 3.05) is 13.1 Å². The zero-order valence-electron chi connectivity index (χ0n) is 28.8. The molecule has 0 aliphatic heterocycles. The summed E-state index contributed by atoms with van der Waals surface area (Å²) in [5.41, 5.74) is 2.79. The van der Waals surface area contributed by atoms with Crippen LogP contribution in [0, 0.1) is 0 Å². The van der Waals surface area contributed by atoms with Gasteiger partial charge in [-0.2, -0.15) is 0 Å². The largest absolute Gasteiger partial charge is 0.508 e. The third kappa shape index (κ3) is 9.76. The second-order valence-electron chi connectivity index (χ2n) is 12.2. The average molecular weight is 714 g/mol. The highest BCUT2D eigenvalue weighted by Crippen LogP contribution is 2.39. The van der Waals surface area contributed by atoms with Crippen molar-refractivity contribution in [1.29, 1.82) is 0 Å². The minimum Gasteiger partial charge on any atom is -0.508 e. The van der Waals surface area contributed by atoms with Gasteiger partial charge in [0.05, 0.1) is 0 Å². The molecule has 0 aliphatic rings. The number of ether oxygens (including phenoxy) is 1. The molecule has 0 saturated heterocycles. The topological polar surface area (TPSA) is 217 Å². The van der Waals surface area contributed by atoms with E-state index >= 15 is 0 Å². The molecule has 0 aliphatic carbocycles. The van der Waals surface area contributed by atoms with Gasteiger partial charge >= 0.3 is 11.9 Å². The Labute approximate surface area is 300 Å². The molecule has 0 fully saturated rings. The molecule has 274 valence electrons. The van der Waals surface area contributed by atoms with Crippen molar-refractivity contribution in [2.45, 2.75) is 51.6 Å². The Kier molecular flexibility index (Phi) is 13.1. The summed E-state index contributed by atoms with van der Waals surface area (Å²) >= 11 is 0. The van der Waals surface area contributed by atoms with Gasteiger partial charge < -0.3 is 50.9 Å². The fourth-order valence-corrected chi connectivity index (χ4v) is 5.77. The summed E-state index contributed by atoms with van der Waals surface area (Å²) in [6, 6.07) is 15.4. The molecule has 2 unspecified atom stereocenters. The molecule has 0 spiro atoms. The maximum absolute atomic E-state index is 13.6. The van der Waals surface area contributed by atoms with Crippen LogP contribution in [0.4, 0.5) is 0 Å². The number of phenols is 7. The standard InChI is InChI=1S/C40H43NO11/c1-3-5-6-8-24(19-38(49)52-39(40(50)51)31(22-41-4-2)27-13-14-32(43)33(44)18-27)30-21-37(48)35(46)17-26(30)12-11-25-16-34(45)36(47)20-29(25)23-9-7-10-28(42)15-23/h7,9-21,31,39,41-48H,3-6,8,22H2,1-2H3,(H,50,51). The first-order chi connectivity index (χ1) is 24.8. The van der Waals surface area contributed by atoms with E-state index in [1.165, 1.54) is 54.6 Å². The number of rotatable bonds is 16. The first-order valence-corrected chi connectivity index (χ1v) is 16.8. The van der Waals surface area contributed by atoms with E-state index in [-0.39, 0.29) is 18.0 Å². The number of hydrogen-bond donors (Lipinski definition) is 9. The number of allylic oxidation sites excluding steroid dienone is 1. The number of carbonyl (C=O) groups is 2. The average Bonchev–Trinajstić information content (AvgIpc) is 3.10. The van der Waals surface area contributed by atoms with Crippen molar-refractivity contribution in [3.63, 3.8) is 0 Å². The van der Waals surface area contributed by atoms with Crippen LogP contribution in [0.15, 0.2) is 72.8 Å². The lowest BCUT2D eigenvalue weighted by molar-refractivity contribution is -0.162. The fourth-order valence-electron chi connectivity index (χ4n) is 5.77. The van der Waals surface area contributed by atoms with Gasteiger partial charge in [-0.05, 0) is 107 Å². The van der Waals surface area contributed by atoms with E-state index < -0.39 is 52.7 Å². The minimum atomic E-state index is -1.70. The monoisotopic (exact) mass is 713 g/mol. The summed E-state index contributed by atoms with van der Waals surface area (Å²) in [5.74, 6) is -5.94. The molecule has 0 saturated carbocycles. The van der Waals surface area contributed by atoms with Crippen LogP contribution in [0.3, 0.4) is 0 Å². The summed E-state index contributed by atoms with van der Waals surface area (Å²) in [6.45, 7) is 4.35. The van der Waals surface area contributed by atoms with E-state index in [4.69, 9.17) is 4.74 Å². The predicted molar refractivity (Wildman–Crippen MR) is 196 cm³/mol. The zero-order valence-corrected chi connectivity index (χ0v) is 28.8. The molecule has 12 nitrogen and oxygen atoms in total. The number of hydrogen-bond acceptors (Lipinski definition) is 11. The van der Waals surface area contributed by atoms with E-state index in [0.717, 1.165) is 18.9 Å². The maximum atomic E-state index is 13.6. The molecule has 0 amide bonds. The van der Waals surface area contributed by atoms with Crippen LogP contribution < -0.4 is 5.32 Å². The maximum Gasteiger partial charge on any atom is 0.345 e. The molecule has 0 heterocycles. The molecular formula is C40H43NO11.